The van der Waals surface area contributed by atoms with Crippen LogP contribution in [0.3, 0.4) is 0 Å². The average molecular weight is 434 g/mol. The van der Waals surface area contributed by atoms with E-state index in [0.717, 1.165) is 4.90 Å². The number of benzene rings is 2. The van der Waals surface area contributed by atoms with Gasteiger partial charge in [-0.3, -0.25) is 19.3 Å². The Kier molecular flexibility index (Phi) is 5.20. The van der Waals surface area contributed by atoms with Crippen LogP contribution in [0.15, 0.2) is 42.5 Å². The number of ether oxygens (including phenoxy) is 1. The Morgan fingerprint density at radius 2 is 2.07 bits per heavy atom. The van der Waals surface area contributed by atoms with E-state index in [-0.39, 0.29) is 28.3 Å². The van der Waals surface area contributed by atoms with Crippen molar-refractivity contribution >= 4 is 41.0 Å². The molecule has 7 nitrogen and oxygen atoms in total. The Labute approximate surface area is 174 Å². The van der Waals surface area contributed by atoms with Crippen molar-refractivity contribution < 1.29 is 32.1 Å². The summed E-state index contributed by atoms with van der Waals surface area (Å²) in [6, 6.07) is 9.83. The number of carbonyl (C=O) groups excluding carboxylic acids is 3. The first-order valence-corrected chi connectivity index (χ1v) is 9.72. The summed E-state index contributed by atoms with van der Waals surface area (Å²) < 4.78 is 34.6. The fraction of sp³-hybridized carbons (Fsp3) is 0.250. The number of nitrogens with one attached hydrogen (secondary N) is 1. The van der Waals surface area contributed by atoms with Crippen LogP contribution in [0.5, 0.6) is 5.75 Å². The summed E-state index contributed by atoms with van der Waals surface area (Å²) >= 11 is 1.17. The number of anilines is 2. The second kappa shape index (κ2) is 7.69. The minimum absolute atomic E-state index is 0.0632. The first-order valence-electron chi connectivity index (χ1n) is 8.98. The lowest BCUT2D eigenvalue weighted by atomic mass is 10.1. The van der Waals surface area contributed by atoms with Gasteiger partial charge < -0.3 is 14.2 Å². The predicted octanol–water partition coefficient (Wildman–Crippen LogP) is 3.66. The van der Waals surface area contributed by atoms with E-state index in [1.54, 1.807) is 0 Å². The molecule has 1 unspecified atom stereocenters. The highest BCUT2D eigenvalue weighted by Gasteiger charge is 2.38. The summed E-state index contributed by atoms with van der Waals surface area (Å²) in [6.45, 7) is -0.669. The lowest BCUT2D eigenvalue weighted by Crippen LogP contribution is -2.41. The first kappa shape index (κ1) is 20.3. The molecular weight excluding hydrogens is 418 g/mol. The molecule has 0 radical (unpaired) electrons. The van der Waals surface area contributed by atoms with Crippen LogP contribution in [0.25, 0.3) is 0 Å². The van der Waals surface area contributed by atoms with Crippen molar-refractivity contribution in [2.75, 3.05) is 11.5 Å². The van der Waals surface area contributed by atoms with Gasteiger partial charge >= 0.3 is 12.5 Å². The maximum Gasteiger partial charge on any atom is 0.387 e. The van der Waals surface area contributed by atoms with Crippen LogP contribution in [-0.4, -0.2) is 35.7 Å². The minimum Gasteiger partial charge on any atom is -0.435 e. The Morgan fingerprint density at radius 1 is 1.27 bits per heavy atom. The highest BCUT2D eigenvalue weighted by atomic mass is 32.2. The van der Waals surface area contributed by atoms with E-state index in [2.05, 4.69) is 10.1 Å². The molecule has 2 heterocycles. The van der Waals surface area contributed by atoms with Gasteiger partial charge in [-0.1, -0.05) is 6.07 Å². The number of nitrogens with zero attached hydrogens (tertiary/aromatic N) is 1. The Bertz CT molecular complexity index is 1040. The molecule has 4 rings (SSSR count). The largest absolute Gasteiger partial charge is 0.435 e. The van der Waals surface area contributed by atoms with Gasteiger partial charge in [0.05, 0.1) is 23.5 Å². The summed E-state index contributed by atoms with van der Waals surface area (Å²) in [4.78, 5) is 38.3. The maximum atomic E-state index is 12.6. The fourth-order valence-corrected chi connectivity index (χ4v) is 4.01. The molecule has 2 aliphatic heterocycles. The van der Waals surface area contributed by atoms with Crippen molar-refractivity contribution in [2.45, 2.75) is 24.8 Å². The van der Waals surface area contributed by atoms with E-state index in [0.29, 0.717) is 13.0 Å². The molecule has 156 valence electrons. The zero-order valence-electron chi connectivity index (χ0n) is 15.7. The van der Waals surface area contributed by atoms with E-state index < -0.39 is 29.1 Å². The number of Topliss-reactive ketones (excluding diaryl/α,β-unsaturated/α-hetero) is 1. The monoisotopic (exact) mass is 434 g/mol. The van der Waals surface area contributed by atoms with Gasteiger partial charge in [0.15, 0.2) is 0 Å². The van der Waals surface area contributed by atoms with Gasteiger partial charge in [-0.05, 0) is 37.3 Å². The SMILES string of the molecule is CC1(NC(=O)c2ccc3c(c2)C(=O)C(=O)N3c2cccc(OC(F)F)c2)CCOS1. The minimum atomic E-state index is -3.02. The van der Waals surface area contributed by atoms with Crippen molar-refractivity contribution in [3.05, 3.63) is 53.6 Å². The van der Waals surface area contributed by atoms with Crippen molar-refractivity contribution in [1.82, 2.24) is 5.32 Å². The molecule has 1 fully saturated rings. The van der Waals surface area contributed by atoms with Gasteiger partial charge in [-0.2, -0.15) is 8.78 Å². The van der Waals surface area contributed by atoms with Crippen molar-refractivity contribution in [1.29, 1.82) is 0 Å². The first-order chi connectivity index (χ1) is 14.3. The molecule has 0 saturated carbocycles. The molecule has 2 aliphatic rings. The molecule has 30 heavy (non-hydrogen) atoms. The molecule has 10 heteroatoms. The lowest BCUT2D eigenvalue weighted by Gasteiger charge is -2.22. The van der Waals surface area contributed by atoms with Crippen LogP contribution in [0, 0.1) is 0 Å². The zero-order valence-corrected chi connectivity index (χ0v) is 16.5. The molecule has 2 amide bonds. The Hall–Kier alpha value is -2.98. The van der Waals surface area contributed by atoms with E-state index in [4.69, 9.17) is 4.18 Å². The quantitative estimate of drug-likeness (QED) is 0.571. The van der Waals surface area contributed by atoms with Crippen molar-refractivity contribution in [2.24, 2.45) is 0 Å². The topological polar surface area (TPSA) is 84.9 Å². The molecule has 2 aromatic carbocycles. The van der Waals surface area contributed by atoms with Crippen LogP contribution in [-0.2, 0) is 8.98 Å². The number of halogens is 2. The third kappa shape index (κ3) is 3.75. The van der Waals surface area contributed by atoms with Crippen molar-refractivity contribution in [3.8, 4) is 5.75 Å². The lowest BCUT2D eigenvalue weighted by molar-refractivity contribution is -0.113. The summed E-state index contributed by atoms with van der Waals surface area (Å²) in [5, 5.41) is 2.86. The number of hydrogen-bond donors (Lipinski definition) is 1. The number of carbonyl (C=O) groups is 3. The number of alkyl halides is 2. The highest BCUT2D eigenvalue weighted by molar-refractivity contribution is 7.96. The standard InChI is InChI=1S/C20H16F2N2O5S/c1-20(7-8-28-30-20)23-17(26)11-5-6-15-14(9-11)16(25)18(27)24(15)12-3-2-4-13(10-12)29-19(21)22/h2-6,9-10,19H,7-8H2,1H3,(H,23,26). The van der Waals surface area contributed by atoms with Crippen LogP contribution in [0.2, 0.25) is 0 Å². The summed E-state index contributed by atoms with van der Waals surface area (Å²) in [7, 11) is 0. The number of amides is 2. The summed E-state index contributed by atoms with van der Waals surface area (Å²) in [6.07, 6.45) is 0.635. The van der Waals surface area contributed by atoms with E-state index in [9.17, 15) is 23.2 Å². The van der Waals surface area contributed by atoms with E-state index in [1.165, 1.54) is 54.5 Å². The van der Waals surface area contributed by atoms with Gasteiger partial charge in [0.25, 0.3) is 11.7 Å². The molecule has 1 N–H and O–H groups in total. The Morgan fingerprint density at radius 3 is 2.77 bits per heavy atom. The van der Waals surface area contributed by atoms with Crippen molar-refractivity contribution in [3.63, 3.8) is 0 Å². The Balaban J connectivity index is 1.64. The summed E-state index contributed by atoms with van der Waals surface area (Å²) in [5.74, 6) is -2.17. The van der Waals surface area contributed by atoms with Crippen LogP contribution >= 0.6 is 12.0 Å². The average Bonchev–Trinajstić information content (AvgIpc) is 3.23. The predicted molar refractivity (Wildman–Crippen MR) is 105 cm³/mol. The smallest absolute Gasteiger partial charge is 0.387 e. The third-order valence-electron chi connectivity index (χ3n) is 4.73. The molecule has 0 bridgehead atoms. The maximum absolute atomic E-state index is 12.6. The fourth-order valence-electron chi connectivity index (χ4n) is 3.28. The van der Waals surface area contributed by atoms with Gasteiger partial charge in [0, 0.05) is 30.1 Å². The third-order valence-corrected chi connectivity index (χ3v) is 5.68. The van der Waals surface area contributed by atoms with Gasteiger partial charge in [-0.15, -0.1) is 0 Å². The number of rotatable bonds is 5. The molecule has 0 spiro atoms. The highest BCUT2D eigenvalue weighted by Crippen LogP contribution is 2.38. The number of fused-ring (bicyclic) bond motifs is 1. The van der Waals surface area contributed by atoms with Gasteiger partial charge in [0.2, 0.25) is 0 Å². The molecular formula is C20H16F2N2O5S. The van der Waals surface area contributed by atoms with Crippen LogP contribution in [0.1, 0.15) is 34.1 Å². The number of hydrogen-bond acceptors (Lipinski definition) is 6. The second-order valence-corrected chi connectivity index (χ2v) is 8.22. The zero-order chi connectivity index (χ0) is 21.5. The van der Waals surface area contributed by atoms with Crippen LogP contribution < -0.4 is 15.0 Å². The molecule has 1 saturated heterocycles. The van der Waals surface area contributed by atoms with E-state index in [1.807, 2.05) is 6.92 Å². The molecule has 1 atom stereocenters. The summed E-state index contributed by atoms with van der Waals surface area (Å²) in [5.41, 5.74) is 0.753. The van der Waals surface area contributed by atoms with Gasteiger partial charge in [0.1, 0.15) is 10.6 Å². The molecule has 0 aromatic heterocycles. The molecule has 0 aliphatic carbocycles. The van der Waals surface area contributed by atoms with Gasteiger partial charge in [-0.25, -0.2) is 0 Å². The van der Waals surface area contributed by atoms with Crippen LogP contribution in [0.4, 0.5) is 20.2 Å². The molecule has 2 aromatic rings. The normalized spacial score (nSPS) is 20.6. The second-order valence-electron chi connectivity index (χ2n) is 6.92. The van der Waals surface area contributed by atoms with E-state index >= 15 is 0 Å². The number of ketones is 1.